The average molecular weight is 224 g/mol. The molecule has 0 heterocycles. The van der Waals surface area contributed by atoms with Crippen molar-refractivity contribution in [3.63, 3.8) is 0 Å². The van der Waals surface area contributed by atoms with Crippen LogP contribution in [0.1, 0.15) is 79.6 Å². The van der Waals surface area contributed by atoms with E-state index in [4.69, 9.17) is 0 Å². The molecule has 1 saturated carbocycles. The number of rotatable bonds is 8. The van der Waals surface area contributed by atoms with Gasteiger partial charge in [0.15, 0.2) is 0 Å². The third-order valence-corrected chi connectivity index (χ3v) is 5.00. The Balaban J connectivity index is 2.05. The van der Waals surface area contributed by atoms with Crippen LogP contribution in [-0.2, 0) is 0 Å². The summed E-state index contributed by atoms with van der Waals surface area (Å²) in [6.45, 7) is 12.0. The van der Waals surface area contributed by atoms with Gasteiger partial charge in [-0.1, -0.05) is 73.1 Å². The highest BCUT2D eigenvalue weighted by Crippen LogP contribution is 2.60. The first-order valence-corrected chi connectivity index (χ1v) is 7.50. The molecular formula is C16H32. The molecule has 1 aliphatic carbocycles. The summed E-state index contributed by atoms with van der Waals surface area (Å²) in [7, 11) is 0. The molecule has 0 aromatic rings. The fourth-order valence-corrected chi connectivity index (χ4v) is 3.20. The van der Waals surface area contributed by atoms with Crippen molar-refractivity contribution in [2.24, 2.45) is 23.2 Å². The molecule has 0 aromatic heterocycles. The van der Waals surface area contributed by atoms with Crippen LogP contribution in [0.2, 0.25) is 0 Å². The molecular weight excluding hydrogens is 192 g/mol. The minimum atomic E-state index is 0.715. The van der Waals surface area contributed by atoms with Crippen LogP contribution in [0, 0.1) is 23.2 Å². The van der Waals surface area contributed by atoms with Crippen LogP contribution >= 0.6 is 0 Å². The van der Waals surface area contributed by atoms with Gasteiger partial charge in [-0.2, -0.15) is 0 Å². The van der Waals surface area contributed by atoms with Crippen molar-refractivity contribution in [3.8, 4) is 0 Å². The molecule has 1 aliphatic rings. The van der Waals surface area contributed by atoms with Crippen molar-refractivity contribution < 1.29 is 0 Å². The molecule has 0 aromatic carbocycles. The molecule has 1 fully saturated rings. The Bertz CT molecular complexity index is 194. The largest absolute Gasteiger partial charge is 0.0651 e. The fraction of sp³-hybridized carbons (Fsp3) is 1.00. The third-order valence-electron chi connectivity index (χ3n) is 5.00. The van der Waals surface area contributed by atoms with E-state index in [1.807, 2.05) is 0 Å². The van der Waals surface area contributed by atoms with E-state index in [9.17, 15) is 0 Å². The molecule has 0 spiro atoms. The van der Waals surface area contributed by atoms with Crippen LogP contribution in [-0.4, -0.2) is 0 Å². The molecule has 3 atom stereocenters. The predicted octanol–water partition coefficient (Wildman–Crippen LogP) is 5.67. The highest BCUT2D eigenvalue weighted by atomic mass is 14.6. The van der Waals surface area contributed by atoms with Gasteiger partial charge in [0.25, 0.3) is 0 Å². The Morgan fingerprint density at radius 1 is 1.06 bits per heavy atom. The van der Waals surface area contributed by atoms with Crippen LogP contribution in [0.15, 0.2) is 0 Å². The maximum absolute atomic E-state index is 2.51. The minimum absolute atomic E-state index is 0.715. The van der Waals surface area contributed by atoms with E-state index in [1.165, 1.54) is 44.9 Å². The van der Waals surface area contributed by atoms with E-state index < -0.39 is 0 Å². The van der Waals surface area contributed by atoms with Gasteiger partial charge in [-0.25, -0.2) is 0 Å². The van der Waals surface area contributed by atoms with E-state index in [-0.39, 0.29) is 0 Å². The second-order valence-electron chi connectivity index (χ2n) is 6.75. The Morgan fingerprint density at radius 3 is 2.19 bits per heavy atom. The van der Waals surface area contributed by atoms with Crippen LogP contribution in [0.4, 0.5) is 0 Å². The summed E-state index contributed by atoms with van der Waals surface area (Å²) >= 11 is 0. The van der Waals surface area contributed by atoms with Crippen molar-refractivity contribution >= 4 is 0 Å². The van der Waals surface area contributed by atoms with Crippen LogP contribution < -0.4 is 0 Å². The van der Waals surface area contributed by atoms with Crippen LogP contribution in [0.3, 0.4) is 0 Å². The second kappa shape index (κ2) is 6.07. The minimum Gasteiger partial charge on any atom is -0.0651 e. The van der Waals surface area contributed by atoms with E-state index >= 15 is 0 Å². The Kier molecular flexibility index (Phi) is 5.34. The lowest BCUT2D eigenvalue weighted by atomic mass is 9.85. The summed E-state index contributed by atoms with van der Waals surface area (Å²) in [5.74, 6) is 2.89. The summed E-state index contributed by atoms with van der Waals surface area (Å²) in [4.78, 5) is 0. The molecule has 0 amide bonds. The topological polar surface area (TPSA) is 0 Å². The molecule has 0 aliphatic heterocycles. The molecule has 1 rings (SSSR count). The van der Waals surface area contributed by atoms with Crippen molar-refractivity contribution in [2.45, 2.75) is 79.6 Å². The predicted molar refractivity (Wildman–Crippen MR) is 73.6 cm³/mol. The summed E-state index contributed by atoms with van der Waals surface area (Å²) in [6.07, 6.45) is 10.1. The van der Waals surface area contributed by atoms with Crippen LogP contribution in [0.5, 0.6) is 0 Å². The number of hydrogen-bond acceptors (Lipinski definition) is 0. The smallest absolute Gasteiger partial charge is 0.0269 e. The lowest BCUT2D eigenvalue weighted by Gasteiger charge is -2.20. The maximum atomic E-state index is 2.51. The van der Waals surface area contributed by atoms with Gasteiger partial charge in [0, 0.05) is 0 Å². The lowest BCUT2D eigenvalue weighted by Crippen LogP contribution is -2.11. The number of hydrogen-bond donors (Lipinski definition) is 0. The first kappa shape index (κ1) is 14.1. The van der Waals surface area contributed by atoms with Gasteiger partial charge in [0.1, 0.15) is 0 Å². The van der Waals surface area contributed by atoms with Gasteiger partial charge in [0.2, 0.25) is 0 Å². The molecule has 0 nitrogen and oxygen atoms in total. The normalized spacial score (nSPS) is 30.8. The molecule has 0 saturated heterocycles. The van der Waals surface area contributed by atoms with E-state index in [2.05, 4.69) is 34.6 Å². The monoisotopic (exact) mass is 224 g/mol. The van der Waals surface area contributed by atoms with Gasteiger partial charge in [-0.05, 0) is 29.6 Å². The molecule has 16 heavy (non-hydrogen) atoms. The molecule has 96 valence electrons. The molecule has 0 radical (unpaired) electrons. The van der Waals surface area contributed by atoms with Gasteiger partial charge in [-0.15, -0.1) is 0 Å². The van der Waals surface area contributed by atoms with E-state index in [1.54, 1.807) is 0 Å². The Hall–Kier alpha value is 0. The highest BCUT2D eigenvalue weighted by molar-refractivity contribution is 5.00. The SMILES string of the molecule is CCC1CC1(C)C(C)CCCCCC(C)C. The zero-order valence-corrected chi connectivity index (χ0v) is 12.2. The highest BCUT2D eigenvalue weighted by Gasteiger charge is 2.51. The summed E-state index contributed by atoms with van der Waals surface area (Å²) in [5, 5.41) is 0. The Morgan fingerprint density at radius 2 is 1.69 bits per heavy atom. The fourth-order valence-electron chi connectivity index (χ4n) is 3.20. The van der Waals surface area contributed by atoms with E-state index in [0.29, 0.717) is 5.41 Å². The van der Waals surface area contributed by atoms with Crippen molar-refractivity contribution in [1.82, 2.24) is 0 Å². The number of unbranched alkanes of at least 4 members (excludes halogenated alkanes) is 2. The van der Waals surface area contributed by atoms with Gasteiger partial charge >= 0.3 is 0 Å². The first-order valence-electron chi connectivity index (χ1n) is 7.50. The third kappa shape index (κ3) is 3.79. The van der Waals surface area contributed by atoms with Crippen molar-refractivity contribution in [3.05, 3.63) is 0 Å². The molecule has 0 bridgehead atoms. The quantitative estimate of drug-likeness (QED) is 0.466. The van der Waals surface area contributed by atoms with Gasteiger partial charge in [-0.3, -0.25) is 0 Å². The summed E-state index contributed by atoms with van der Waals surface area (Å²) < 4.78 is 0. The standard InChI is InChI=1S/C16H32/c1-6-15-12-16(15,5)14(4)11-9-7-8-10-13(2)3/h13-15H,6-12H2,1-5H3. The molecule has 0 heteroatoms. The zero-order chi connectivity index (χ0) is 12.2. The van der Waals surface area contributed by atoms with Crippen LogP contribution in [0.25, 0.3) is 0 Å². The van der Waals surface area contributed by atoms with Crippen molar-refractivity contribution in [1.29, 1.82) is 0 Å². The van der Waals surface area contributed by atoms with Gasteiger partial charge < -0.3 is 0 Å². The Labute approximate surface area is 103 Å². The maximum Gasteiger partial charge on any atom is -0.0269 e. The van der Waals surface area contributed by atoms with Gasteiger partial charge in [0.05, 0.1) is 0 Å². The lowest BCUT2D eigenvalue weighted by molar-refractivity contribution is 0.299. The first-order chi connectivity index (χ1) is 7.50. The van der Waals surface area contributed by atoms with E-state index in [0.717, 1.165) is 17.8 Å². The summed E-state index contributed by atoms with van der Waals surface area (Å²) in [6, 6.07) is 0. The second-order valence-corrected chi connectivity index (χ2v) is 6.75. The average Bonchev–Trinajstić information content (AvgIpc) is 2.90. The molecule has 0 N–H and O–H groups in total. The van der Waals surface area contributed by atoms with Crippen molar-refractivity contribution in [2.75, 3.05) is 0 Å². The molecule has 3 unspecified atom stereocenters. The zero-order valence-electron chi connectivity index (χ0n) is 12.2. The summed E-state index contributed by atoms with van der Waals surface area (Å²) in [5.41, 5.74) is 0.715.